The molecule has 4 aromatic carbocycles. The Morgan fingerprint density at radius 3 is 1.42 bits per heavy atom. The maximum absolute atomic E-state index is 2.31. The summed E-state index contributed by atoms with van der Waals surface area (Å²) in [5, 5.41) is 5.23. The second kappa shape index (κ2) is 5.68. The van der Waals surface area contributed by atoms with E-state index in [4.69, 9.17) is 0 Å². The lowest BCUT2D eigenvalue weighted by molar-refractivity contribution is 1.18. The van der Waals surface area contributed by atoms with E-state index < -0.39 is 0 Å². The first-order valence-corrected chi connectivity index (χ1v) is 8.37. The first-order chi connectivity index (χ1) is 11.7. The van der Waals surface area contributed by atoms with Gasteiger partial charge >= 0.3 is 0 Å². The van der Waals surface area contributed by atoms with E-state index in [0.29, 0.717) is 0 Å². The van der Waals surface area contributed by atoms with Crippen molar-refractivity contribution >= 4 is 32.9 Å². The molecule has 0 aliphatic heterocycles. The number of rotatable bonds is 2. The molecule has 0 fully saturated rings. The number of benzene rings is 4. The quantitative estimate of drug-likeness (QED) is 0.415. The third kappa shape index (κ3) is 2.25. The van der Waals surface area contributed by atoms with Gasteiger partial charge in [0.2, 0.25) is 0 Å². The molecule has 4 rings (SSSR count). The topological polar surface area (TPSA) is 3.24 Å². The molecule has 118 valence electrons. The fraction of sp³-hybridized carbons (Fsp3) is 0.130. The Hall–Kier alpha value is -2.80. The third-order valence-corrected chi connectivity index (χ3v) is 5.06. The van der Waals surface area contributed by atoms with Gasteiger partial charge in [0.15, 0.2) is 0 Å². The van der Waals surface area contributed by atoms with Gasteiger partial charge in [-0.1, -0.05) is 60.7 Å². The van der Waals surface area contributed by atoms with E-state index in [1.54, 1.807) is 0 Å². The standard InChI is InChI=1S/C23H21N/c1-16-20-10-6-4-8-18(20)12-14-22(16)24(3)23-15-13-19-9-5-7-11-21(19)17(23)2/h4-15H,1-3H3. The Bertz CT molecular complexity index is 961. The molecule has 4 aromatic rings. The van der Waals surface area contributed by atoms with E-state index in [0.717, 1.165) is 0 Å². The van der Waals surface area contributed by atoms with Crippen molar-refractivity contribution in [3.63, 3.8) is 0 Å². The van der Waals surface area contributed by atoms with E-state index in [-0.39, 0.29) is 0 Å². The van der Waals surface area contributed by atoms with Crippen LogP contribution in [0.15, 0.2) is 72.8 Å². The van der Waals surface area contributed by atoms with Gasteiger partial charge in [0.1, 0.15) is 0 Å². The van der Waals surface area contributed by atoms with Crippen LogP contribution in [0.4, 0.5) is 11.4 Å². The summed E-state index contributed by atoms with van der Waals surface area (Å²) in [6.45, 7) is 4.43. The van der Waals surface area contributed by atoms with Gasteiger partial charge < -0.3 is 4.90 Å². The van der Waals surface area contributed by atoms with Crippen LogP contribution in [0.2, 0.25) is 0 Å². The Labute approximate surface area is 143 Å². The molecule has 0 radical (unpaired) electrons. The van der Waals surface area contributed by atoms with E-state index >= 15 is 0 Å². The summed E-state index contributed by atoms with van der Waals surface area (Å²) in [5.41, 5.74) is 5.16. The molecule has 24 heavy (non-hydrogen) atoms. The Kier molecular flexibility index (Phi) is 3.50. The number of aryl methyl sites for hydroxylation is 2. The van der Waals surface area contributed by atoms with Crippen molar-refractivity contribution in [1.82, 2.24) is 0 Å². The van der Waals surface area contributed by atoms with Crippen LogP contribution in [0, 0.1) is 13.8 Å². The first kappa shape index (κ1) is 14.8. The monoisotopic (exact) mass is 311 g/mol. The molecule has 0 N–H and O–H groups in total. The fourth-order valence-corrected chi connectivity index (χ4v) is 3.69. The molecule has 0 heterocycles. The smallest absolute Gasteiger partial charge is 0.0444 e. The highest BCUT2D eigenvalue weighted by molar-refractivity contribution is 5.94. The molecular formula is C23H21N. The highest BCUT2D eigenvalue weighted by Gasteiger charge is 2.12. The molecule has 0 saturated carbocycles. The lowest BCUT2D eigenvalue weighted by Gasteiger charge is -2.25. The van der Waals surface area contributed by atoms with Crippen LogP contribution in [0.3, 0.4) is 0 Å². The summed E-state index contributed by atoms with van der Waals surface area (Å²) in [6, 6.07) is 26.1. The van der Waals surface area contributed by atoms with Crippen molar-refractivity contribution in [2.75, 3.05) is 11.9 Å². The fourth-order valence-electron chi connectivity index (χ4n) is 3.69. The average Bonchev–Trinajstić information content (AvgIpc) is 2.62. The zero-order valence-electron chi connectivity index (χ0n) is 14.4. The minimum atomic E-state index is 1.26. The molecule has 0 aromatic heterocycles. The normalized spacial score (nSPS) is 11.1. The second-order valence-corrected chi connectivity index (χ2v) is 6.42. The molecule has 0 aliphatic rings. The SMILES string of the molecule is Cc1c(N(C)c2ccc3ccccc3c2C)ccc2ccccc12. The van der Waals surface area contributed by atoms with Gasteiger partial charge in [-0.2, -0.15) is 0 Å². The van der Waals surface area contributed by atoms with Gasteiger partial charge in [0.05, 0.1) is 0 Å². The Morgan fingerprint density at radius 1 is 0.542 bits per heavy atom. The minimum absolute atomic E-state index is 1.26. The van der Waals surface area contributed by atoms with Gasteiger partial charge in [0.25, 0.3) is 0 Å². The van der Waals surface area contributed by atoms with Crippen LogP contribution in [-0.2, 0) is 0 Å². The second-order valence-electron chi connectivity index (χ2n) is 6.42. The van der Waals surface area contributed by atoms with E-state index in [2.05, 4.69) is 98.6 Å². The van der Waals surface area contributed by atoms with Crippen LogP contribution in [0.5, 0.6) is 0 Å². The summed E-state index contributed by atoms with van der Waals surface area (Å²) in [7, 11) is 2.16. The molecule has 0 amide bonds. The summed E-state index contributed by atoms with van der Waals surface area (Å²) in [6.07, 6.45) is 0. The van der Waals surface area contributed by atoms with E-state index in [1.165, 1.54) is 44.0 Å². The van der Waals surface area contributed by atoms with Crippen molar-refractivity contribution in [2.45, 2.75) is 13.8 Å². The Morgan fingerprint density at radius 2 is 0.958 bits per heavy atom. The van der Waals surface area contributed by atoms with Crippen LogP contribution in [0.25, 0.3) is 21.5 Å². The lowest BCUT2D eigenvalue weighted by atomic mass is 10.0. The van der Waals surface area contributed by atoms with Crippen molar-refractivity contribution in [3.05, 3.63) is 83.9 Å². The van der Waals surface area contributed by atoms with Gasteiger partial charge in [-0.15, -0.1) is 0 Å². The van der Waals surface area contributed by atoms with Gasteiger partial charge in [-0.3, -0.25) is 0 Å². The summed E-state index contributed by atoms with van der Waals surface area (Å²) in [4.78, 5) is 2.31. The largest absolute Gasteiger partial charge is 0.344 e. The van der Waals surface area contributed by atoms with E-state index in [9.17, 15) is 0 Å². The van der Waals surface area contributed by atoms with Crippen molar-refractivity contribution in [1.29, 1.82) is 0 Å². The first-order valence-electron chi connectivity index (χ1n) is 8.37. The minimum Gasteiger partial charge on any atom is -0.344 e. The van der Waals surface area contributed by atoms with Crippen LogP contribution in [0.1, 0.15) is 11.1 Å². The predicted molar refractivity (Wildman–Crippen MR) is 105 cm³/mol. The predicted octanol–water partition coefficient (Wildman–Crippen LogP) is 6.38. The zero-order chi connectivity index (χ0) is 16.7. The summed E-state index contributed by atoms with van der Waals surface area (Å²) < 4.78 is 0. The molecule has 1 heteroatoms. The van der Waals surface area contributed by atoms with E-state index in [1.807, 2.05) is 0 Å². The average molecular weight is 311 g/mol. The van der Waals surface area contributed by atoms with Gasteiger partial charge in [-0.05, 0) is 58.7 Å². The number of hydrogen-bond acceptors (Lipinski definition) is 1. The molecular weight excluding hydrogens is 290 g/mol. The van der Waals surface area contributed by atoms with Crippen LogP contribution >= 0.6 is 0 Å². The molecule has 1 nitrogen and oxygen atoms in total. The lowest BCUT2D eigenvalue weighted by Crippen LogP contribution is -2.12. The summed E-state index contributed by atoms with van der Waals surface area (Å²) in [5.74, 6) is 0. The number of fused-ring (bicyclic) bond motifs is 2. The van der Waals surface area contributed by atoms with Crippen molar-refractivity contribution < 1.29 is 0 Å². The highest BCUT2D eigenvalue weighted by atomic mass is 15.1. The number of nitrogens with zero attached hydrogens (tertiary/aromatic N) is 1. The van der Waals surface area contributed by atoms with Gasteiger partial charge in [-0.25, -0.2) is 0 Å². The summed E-state index contributed by atoms with van der Waals surface area (Å²) >= 11 is 0. The number of anilines is 2. The van der Waals surface area contributed by atoms with Gasteiger partial charge in [0, 0.05) is 18.4 Å². The molecule has 0 unspecified atom stereocenters. The maximum Gasteiger partial charge on any atom is 0.0444 e. The molecule has 0 spiro atoms. The third-order valence-electron chi connectivity index (χ3n) is 5.06. The molecule has 0 aliphatic carbocycles. The van der Waals surface area contributed by atoms with Crippen molar-refractivity contribution in [3.8, 4) is 0 Å². The van der Waals surface area contributed by atoms with Crippen LogP contribution < -0.4 is 4.90 Å². The Balaban J connectivity index is 1.89. The number of hydrogen-bond donors (Lipinski definition) is 0. The molecule has 0 atom stereocenters. The maximum atomic E-state index is 2.31. The zero-order valence-corrected chi connectivity index (χ0v) is 14.4. The highest BCUT2D eigenvalue weighted by Crippen LogP contribution is 2.35. The van der Waals surface area contributed by atoms with Crippen molar-refractivity contribution in [2.24, 2.45) is 0 Å². The van der Waals surface area contributed by atoms with Crippen LogP contribution in [-0.4, -0.2) is 7.05 Å². The molecule has 0 saturated heterocycles. The molecule has 0 bridgehead atoms.